The monoisotopic (exact) mass is 537 g/mol. The molecular formula is C22H19ClF7N5O. The van der Waals surface area contributed by atoms with Gasteiger partial charge >= 0.3 is 6.18 Å². The van der Waals surface area contributed by atoms with Crippen molar-refractivity contribution in [2.24, 2.45) is 5.73 Å². The average molecular weight is 538 g/mol. The van der Waals surface area contributed by atoms with Crippen LogP contribution in [-0.2, 0) is 30.5 Å². The number of halogens is 8. The van der Waals surface area contributed by atoms with Gasteiger partial charge in [-0.2, -0.15) is 17.6 Å². The van der Waals surface area contributed by atoms with Gasteiger partial charge in [0.25, 0.3) is 0 Å². The number of carbonyl (C=O) groups is 1. The van der Waals surface area contributed by atoms with Crippen LogP contribution in [0.25, 0.3) is 11.3 Å². The van der Waals surface area contributed by atoms with Crippen LogP contribution in [0.3, 0.4) is 0 Å². The molecule has 0 bridgehead atoms. The van der Waals surface area contributed by atoms with Gasteiger partial charge in [-0.25, -0.2) is 23.1 Å². The van der Waals surface area contributed by atoms with Gasteiger partial charge in [0, 0.05) is 49.4 Å². The molecular weight excluding hydrogens is 519 g/mol. The molecule has 2 N–H and O–H groups in total. The zero-order valence-corrected chi connectivity index (χ0v) is 19.1. The Labute approximate surface area is 206 Å². The van der Waals surface area contributed by atoms with Crippen LogP contribution < -0.4 is 5.73 Å². The normalized spacial score (nSPS) is 14.3. The van der Waals surface area contributed by atoms with Crippen molar-refractivity contribution in [2.45, 2.75) is 38.1 Å². The third kappa shape index (κ3) is 5.62. The molecule has 36 heavy (non-hydrogen) atoms. The molecule has 0 saturated heterocycles. The Kier molecular flexibility index (Phi) is 7.94. The van der Waals surface area contributed by atoms with Gasteiger partial charge in [0.15, 0.2) is 11.6 Å². The van der Waals surface area contributed by atoms with E-state index in [9.17, 15) is 35.5 Å². The van der Waals surface area contributed by atoms with E-state index < -0.39 is 47.3 Å². The summed E-state index contributed by atoms with van der Waals surface area (Å²) in [7, 11) is 0. The molecule has 1 aromatic carbocycles. The zero-order chi connectivity index (χ0) is 25.5. The molecule has 6 nitrogen and oxygen atoms in total. The van der Waals surface area contributed by atoms with Crippen molar-refractivity contribution in [3.05, 3.63) is 70.9 Å². The van der Waals surface area contributed by atoms with Crippen LogP contribution in [0.4, 0.5) is 30.7 Å². The molecule has 0 aliphatic carbocycles. The predicted octanol–water partition coefficient (Wildman–Crippen LogP) is 4.24. The Balaban J connectivity index is 0.00000361. The third-order valence-corrected chi connectivity index (χ3v) is 5.62. The average Bonchev–Trinajstić information content (AvgIpc) is 3.17. The van der Waals surface area contributed by atoms with Crippen molar-refractivity contribution in [1.82, 2.24) is 19.4 Å². The first-order valence-electron chi connectivity index (χ1n) is 10.4. The highest BCUT2D eigenvalue weighted by atomic mass is 35.5. The number of hydrogen-bond donors (Lipinski definition) is 1. The van der Waals surface area contributed by atoms with E-state index in [1.54, 1.807) is 0 Å². The Hall–Kier alpha value is -3.19. The van der Waals surface area contributed by atoms with E-state index >= 15 is 0 Å². The fourth-order valence-corrected chi connectivity index (χ4v) is 4.01. The van der Waals surface area contributed by atoms with Gasteiger partial charge < -0.3 is 15.2 Å². The van der Waals surface area contributed by atoms with Crippen LogP contribution in [0.1, 0.15) is 23.5 Å². The van der Waals surface area contributed by atoms with Crippen molar-refractivity contribution < 1.29 is 35.5 Å². The lowest BCUT2D eigenvalue weighted by atomic mass is 10.0. The molecule has 0 radical (unpaired) electrons. The molecule has 1 amide bonds. The van der Waals surface area contributed by atoms with Crippen molar-refractivity contribution in [1.29, 1.82) is 0 Å². The van der Waals surface area contributed by atoms with Gasteiger partial charge in [-0.05, 0) is 24.1 Å². The SMILES string of the molecule is Cl.NC(CC(=O)N1CCn2c(C(F)(F)F)nc(-c3ccnc(F)c3)c2C1)Cc1cc(F)c(F)cc1F. The highest BCUT2D eigenvalue weighted by molar-refractivity contribution is 5.85. The highest BCUT2D eigenvalue weighted by Gasteiger charge is 2.41. The van der Waals surface area contributed by atoms with Gasteiger partial charge in [0.05, 0.1) is 17.9 Å². The van der Waals surface area contributed by atoms with E-state index in [-0.39, 0.29) is 67.4 Å². The standard InChI is InChI=1S/C22H18F7N5O.ClH/c23-14-9-16(25)15(24)6-12(14)5-13(30)8-19(35)33-3-4-34-17(10-33)20(32-21(34)22(27,28)29)11-1-2-31-18(26)7-11;/h1-2,6-7,9,13H,3-5,8,10,30H2;1H. The number of amides is 1. The number of fused-ring (bicyclic) bond motifs is 1. The fraction of sp³-hybridized carbons (Fsp3) is 0.318. The van der Waals surface area contributed by atoms with Gasteiger partial charge in [0.2, 0.25) is 17.7 Å². The molecule has 1 atom stereocenters. The summed E-state index contributed by atoms with van der Waals surface area (Å²) in [6, 6.07) is 2.32. The molecule has 1 aliphatic heterocycles. The zero-order valence-electron chi connectivity index (χ0n) is 18.3. The van der Waals surface area contributed by atoms with E-state index in [0.717, 1.165) is 16.8 Å². The minimum absolute atomic E-state index is 0. The van der Waals surface area contributed by atoms with E-state index in [1.807, 2.05) is 0 Å². The molecule has 1 aliphatic rings. The lowest BCUT2D eigenvalue weighted by molar-refractivity contribution is -0.148. The summed E-state index contributed by atoms with van der Waals surface area (Å²) in [4.78, 5) is 21.1. The summed E-state index contributed by atoms with van der Waals surface area (Å²) in [6.45, 7) is -0.557. The maximum atomic E-state index is 13.9. The quantitative estimate of drug-likeness (QED) is 0.300. The summed E-state index contributed by atoms with van der Waals surface area (Å²) >= 11 is 0. The van der Waals surface area contributed by atoms with Gasteiger partial charge in [-0.1, -0.05) is 0 Å². The van der Waals surface area contributed by atoms with Crippen LogP contribution >= 0.6 is 12.4 Å². The van der Waals surface area contributed by atoms with Crippen molar-refractivity contribution in [3.63, 3.8) is 0 Å². The molecule has 2 aromatic heterocycles. The van der Waals surface area contributed by atoms with E-state index in [4.69, 9.17) is 5.73 Å². The molecule has 1 unspecified atom stereocenters. The van der Waals surface area contributed by atoms with Crippen molar-refractivity contribution in [3.8, 4) is 11.3 Å². The number of carbonyl (C=O) groups excluding carboxylic acids is 1. The molecule has 3 heterocycles. The minimum atomic E-state index is -4.78. The van der Waals surface area contributed by atoms with E-state index in [1.165, 1.54) is 11.0 Å². The first-order valence-corrected chi connectivity index (χ1v) is 10.4. The van der Waals surface area contributed by atoms with Gasteiger partial charge in [-0.3, -0.25) is 4.79 Å². The smallest absolute Gasteiger partial charge is 0.335 e. The summed E-state index contributed by atoms with van der Waals surface area (Å²) in [5.41, 5.74) is 5.70. The van der Waals surface area contributed by atoms with Crippen LogP contribution in [0, 0.1) is 23.4 Å². The molecule has 194 valence electrons. The fourth-order valence-electron chi connectivity index (χ4n) is 4.01. The Morgan fingerprint density at radius 1 is 1.06 bits per heavy atom. The second-order valence-electron chi connectivity index (χ2n) is 8.09. The molecule has 14 heteroatoms. The lowest BCUT2D eigenvalue weighted by Crippen LogP contribution is -2.42. The van der Waals surface area contributed by atoms with Gasteiger partial charge in [-0.15, -0.1) is 12.4 Å². The van der Waals surface area contributed by atoms with Crippen LogP contribution in [0.15, 0.2) is 30.5 Å². The Bertz CT molecular complexity index is 1280. The number of rotatable bonds is 5. The van der Waals surface area contributed by atoms with E-state index in [0.29, 0.717) is 12.1 Å². The molecule has 3 aromatic rings. The first-order chi connectivity index (χ1) is 16.4. The second-order valence-corrected chi connectivity index (χ2v) is 8.09. The number of nitrogens with zero attached hydrogens (tertiary/aromatic N) is 4. The molecule has 0 fully saturated rings. The maximum Gasteiger partial charge on any atom is 0.449 e. The third-order valence-electron chi connectivity index (χ3n) is 5.62. The number of benzene rings is 1. The summed E-state index contributed by atoms with van der Waals surface area (Å²) < 4.78 is 95.6. The number of pyridine rings is 1. The number of nitrogens with two attached hydrogens (primary N) is 1. The van der Waals surface area contributed by atoms with Crippen molar-refractivity contribution >= 4 is 18.3 Å². The Morgan fingerprint density at radius 2 is 1.75 bits per heavy atom. The second kappa shape index (κ2) is 10.4. The number of imidazole rings is 1. The van der Waals surface area contributed by atoms with Crippen LogP contribution in [0.5, 0.6) is 0 Å². The van der Waals surface area contributed by atoms with Gasteiger partial charge in [0.1, 0.15) is 5.82 Å². The number of alkyl halides is 3. The summed E-state index contributed by atoms with van der Waals surface area (Å²) in [5, 5.41) is 0. The molecule has 0 saturated carbocycles. The minimum Gasteiger partial charge on any atom is -0.335 e. The first kappa shape index (κ1) is 27.4. The molecule has 4 rings (SSSR count). The van der Waals surface area contributed by atoms with E-state index in [2.05, 4.69) is 9.97 Å². The number of hydrogen-bond acceptors (Lipinski definition) is 4. The largest absolute Gasteiger partial charge is 0.449 e. The predicted molar refractivity (Wildman–Crippen MR) is 116 cm³/mol. The van der Waals surface area contributed by atoms with Crippen molar-refractivity contribution in [2.75, 3.05) is 6.54 Å². The highest BCUT2D eigenvalue weighted by Crippen LogP contribution is 2.36. The van der Waals surface area contributed by atoms with Crippen LogP contribution in [0.2, 0.25) is 0 Å². The Morgan fingerprint density at radius 3 is 2.42 bits per heavy atom. The van der Waals surface area contributed by atoms with Crippen LogP contribution in [-0.4, -0.2) is 37.9 Å². The summed E-state index contributed by atoms with van der Waals surface area (Å²) in [6.07, 6.45) is -4.27. The summed E-state index contributed by atoms with van der Waals surface area (Å²) in [5.74, 6) is -6.24. The number of aromatic nitrogens is 3. The maximum absolute atomic E-state index is 13.9. The molecule has 0 spiro atoms. The topological polar surface area (TPSA) is 77.0 Å². The lowest BCUT2D eigenvalue weighted by Gasteiger charge is -2.30.